The summed E-state index contributed by atoms with van der Waals surface area (Å²) in [7, 11) is 0. The van der Waals surface area contributed by atoms with E-state index in [1.807, 2.05) is 31.2 Å². The van der Waals surface area contributed by atoms with E-state index in [-0.39, 0.29) is 5.91 Å². The van der Waals surface area contributed by atoms with E-state index in [4.69, 9.17) is 4.74 Å². The van der Waals surface area contributed by atoms with Crippen LogP contribution in [0, 0.1) is 0 Å². The average molecular weight is 332 g/mol. The number of ether oxygens (including phenoxy) is 1. The first-order valence-electron chi connectivity index (χ1n) is 5.95. The number of benzene rings is 1. The summed E-state index contributed by atoms with van der Waals surface area (Å²) >= 11 is 4.98. The van der Waals surface area contributed by atoms with Crippen LogP contribution in [0.25, 0.3) is 0 Å². The van der Waals surface area contributed by atoms with Crippen LogP contribution < -0.4 is 10.1 Å². The highest BCUT2D eigenvalue weighted by Gasteiger charge is 2.00. The van der Waals surface area contributed by atoms with Crippen molar-refractivity contribution in [2.45, 2.75) is 13.3 Å². The van der Waals surface area contributed by atoms with Gasteiger partial charge in [0.2, 0.25) is 5.91 Å². The molecule has 1 N–H and O–H groups in total. The summed E-state index contributed by atoms with van der Waals surface area (Å²) in [6.07, 6.45) is 0.975. The van der Waals surface area contributed by atoms with Crippen molar-refractivity contribution < 1.29 is 9.53 Å². The second-order valence-corrected chi connectivity index (χ2v) is 5.73. The minimum absolute atomic E-state index is 0.101. The van der Waals surface area contributed by atoms with Crippen LogP contribution in [0.3, 0.4) is 0 Å². The Kier molecular flexibility index (Phi) is 7.93. The molecule has 0 saturated heterocycles. The SMILES string of the molecule is CCCNC(=O)CSCCOc1cccc(Br)c1. The first-order valence-corrected chi connectivity index (χ1v) is 7.90. The van der Waals surface area contributed by atoms with Gasteiger partial charge in [0.05, 0.1) is 12.4 Å². The molecule has 0 spiro atoms. The van der Waals surface area contributed by atoms with Crippen LogP contribution in [0.15, 0.2) is 28.7 Å². The number of halogens is 1. The minimum Gasteiger partial charge on any atom is -0.493 e. The van der Waals surface area contributed by atoms with Gasteiger partial charge in [-0.15, -0.1) is 11.8 Å². The average Bonchev–Trinajstić information content (AvgIpc) is 2.36. The Hall–Kier alpha value is -0.680. The fraction of sp³-hybridized carbons (Fsp3) is 0.462. The molecule has 0 aliphatic carbocycles. The molecule has 0 aromatic heterocycles. The van der Waals surface area contributed by atoms with Gasteiger partial charge in [0.15, 0.2) is 0 Å². The van der Waals surface area contributed by atoms with Gasteiger partial charge in [-0.05, 0) is 24.6 Å². The lowest BCUT2D eigenvalue weighted by Gasteiger charge is -2.06. The molecule has 0 radical (unpaired) electrons. The number of amides is 1. The van der Waals surface area contributed by atoms with Crippen LogP contribution in [0.4, 0.5) is 0 Å². The summed E-state index contributed by atoms with van der Waals surface area (Å²) in [4.78, 5) is 11.3. The number of rotatable bonds is 8. The van der Waals surface area contributed by atoms with Crippen molar-refractivity contribution in [2.75, 3.05) is 24.7 Å². The molecule has 5 heteroatoms. The third-order valence-corrected chi connectivity index (χ3v) is 3.51. The lowest BCUT2D eigenvalue weighted by molar-refractivity contribution is -0.118. The van der Waals surface area contributed by atoms with Gasteiger partial charge >= 0.3 is 0 Å². The third kappa shape index (κ3) is 6.91. The molecule has 3 nitrogen and oxygen atoms in total. The maximum absolute atomic E-state index is 11.3. The van der Waals surface area contributed by atoms with Crippen LogP contribution in [0.1, 0.15) is 13.3 Å². The van der Waals surface area contributed by atoms with Gasteiger partial charge in [-0.2, -0.15) is 0 Å². The highest BCUT2D eigenvalue weighted by Crippen LogP contribution is 2.17. The largest absolute Gasteiger partial charge is 0.493 e. The van der Waals surface area contributed by atoms with E-state index in [1.54, 1.807) is 11.8 Å². The number of thioether (sulfide) groups is 1. The Morgan fingerprint density at radius 3 is 3.06 bits per heavy atom. The molecule has 0 atom stereocenters. The predicted molar refractivity (Wildman–Crippen MR) is 80.3 cm³/mol. The van der Waals surface area contributed by atoms with Gasteiger partial charge in [0, 0.05) is 16.8 Å². The van der Waals surface area contributed by atoms with Crippen molar-refractivity contribution in [3.63, 3.8) is 0 Å². The van der Waals surface area contributed by atoms with Gasteiger partial charge in [-0.3, -0.25) is 4.79 Å². The van der Waals surface area contributed by atoms with E-state index in [2.05, 4.69) is 21.2 Å². The Bertz CT molecular complexity index is 374. The Balaban J connectivity index is 2.07. The minimum atomic E-state index is 0.101. The Morgan fingerprint density at radius 2 is 2.33 bits per heavy atom. The smallest absolute Gasteiger partial charge is 0.229 e. The van der Waals surface area contributed by atoms with Crippen LogP contribution in [0.2, 0.25) is 0 Å². The maximum atomic E-state index is 11.3. The number of hydrogen-bond donors (Lipinski definition) is 1. The molecular weight excluding hydrogens is 314 g/mol. The van der Waals surface area contributed by atoms with E-state index in [0.29, 0.717) is 12.4 Å². The zero-order valence-electron chi connectivity index (χ0n) is 10.4. The van der Waals surface area contributed by atoms with Gasteiger partial charge in [-0.25, -0.2) is 0 Å². The highest BCUT2D eigenvalue weighted by molar-refractivity contribution is 9.10. The van der Waals surface area contributed by atoms with Crippen molar-refractivity contribution in [1.29, 1.82) is 0 Å². The third-order valence-electron chi connectivity index (χ3n) is 2.10. The quantitative estimate of drug-likeness (QED) is 0.744. The summed E-state index contributed by atoms with van der Waals surface area (Å²) in [5.41, 5.74) is 0. The number of carbonyl (C=O) groups excluding carboxylic acids is 1. The lowest BCUT2D eigenvalue weighted by Crippen LogP contribution is -2.26. The lowest BCUT2D eigenvalue weighted by atomic mass is 10.3. The Labute approximate surface area is 121 Å². The van der Waals surface area contributed by atoms with Crippen molar-refractivity contribution in [3.05, 3.63) is 28.7 Å². The normalized spacial score (nSPS) is 10.1. The fourth-order valence-electron chi connectivity index (χ4n) is 1.26. The van der Waals surface area contributed by atoms with Crippen molar-refractivity contribution in [1.82, 2.24) is 5.32 Å². The fourth-order valence-corrected chi connectivity index (χ4v) is 2.27. The summed E-state index contributed by atoms with van der Waals surface area (Å²) in [6.45, 7) is 3.41. The highest BCUT2D eigenvalue weighted by atomic mass is 79.9. The van der Waals surface area contributed by atoms with E-state index in [9.17, 15) is 4.79 Å². The first-order chi connectivity index (χ1) is 8.72. The molecular formula is C13H18BrNO2S. The van der Waals surface area contributed by atoms with Gasteiger partial charge < -0.3 is 10.1 Å². The molecule has 0 bridgehead atoms. The molecule has 1 aromatic carbocycles. The van der Waals surface area contributed by atoms with E-state index in [1.165, 1.54) is 0 Å². The number of nitrogens with one attached hydrogen (secondary N) is 1. The summed E-state index contributed by atoms with van der Waals surface area (Å²) in [5.74, 6) is 2.26. The second-order valence-electron chi connectivity index (χ2n) is 3.71. The molecule has 0 heterocycles. The summed E-state index contributed by atoms with van der Waals surface area (Å²) in [6, 6.07) is 7.74. The molecule has 0 fully saturated rings. The van der Waals surface area contributed by atoms with Crippen LogP contribution in [-0.2, 0) is 4.79 Å². The van der Waals surface area contributed by atoms with Gasteiger partial charge in [0.25, 0.3) is 0 Å². The zero-order valence-corrected chi connectivity index (χ0v) is 12.9. The van der Waals surface area contributed by atoms with Crippen LogP contribution in [0.5, 0.6) is 5.75 Å². The topological polar surface area (TPSA) is 38.3 Å². The zero-order chi connectivity index (χ0) is 13.2. The molecule has 1 amide bonds. The second kappa shape index (κ2) is 9.28. The van der Waals surface area contributed by atoms with Crippen LogP contribution >= 0.6 is 27.7 Å². The standard InChI is InChI=1S/C13H18BrNO2S/c1-2-6-15-13(16)10-18-8-7-17-12-5-3-4-11(14)9-12/h3-5,9H,2,6-8,10H2,1H3,(H,15,16). The predicted octanol–water partition coefficient (Wildman–Crippen LogP) is 3.09. The van der Waals surface area contributed by atoms with Gasteiger partial charge in [-0.1, -0.05) is 28.9 Å². The first kappa shape index (κ1) is 15.4. The number of carbonyl (C=O) groups is 1. The molecule has 0 aliphatic heterocycles. The van der Waals surface area contributed by atoms with Crippen molar-refractivity contribution >= 4 is 33.6 Å². The molecule has 1 rings (SSSR count). The van der Waals surface area contributed by atoms with Crippen molar-refractivity contribution in [2.24, 2.45) is 0 Å². The molecule has 18 heavy (non-hydrogen) atoms. The molecule has 100 valence electrons. The Morgan fingerprint density at radius 1 is 1.50 bits per heavy atom. The van der Waals surface area contributed by atoms with E-state index < -0.39 is 0 Å². The van der Waals surface area contributed by atoms with Gasteiger partial charge in [0.1, 0.15) is 5.75 Å². The molecule has 0 saturated carbocycles. The van der Waals surface area contributed by atoms with E-state index >= 15 is 0 Å². The number of hydrogen-bond acceptors (Lipinski definition) is 3. The maximum Gasteiger partial charge on any atom is 0.229 e. The van der Waals surface area contributed by atoms with Crippen molar-refractivity contribution in [3.8, 4) is 5.75 Å². The van der Waals surface area contributed by atoms with E-state index in [0.717, 1.165) is 28.9 Å². The molecule has 1 aromatic rings. The summed E-state index contributed by atoms with van der Waals surface area (Å²) in [5, 5.41) is 2.84. The molecule has 0 unspecified atom stereocenters. The summed E-state index contributed by atoms with van der Waals surface area (Å²) < 4.78 is 6.57. The monoisotopic (exact) mass is 331 g/mol. The van der Waals surface area contributed by atoms with Crippen LogP contribution in [-0.4, -0.2) is 30.6 Å². The molecule has 0 aliphatic rings.